The predicted octanol–water partition coefficient (Wildman–Crippen LogP) is 2.69. The van der Waals surface area contributed by atoms with Crippen molar-refractivity contribution in [2.45, 2.75) is 12.5 Å². The Morgan fingerprint density at radius 3 is 2.61 bits per heavy atom. The van der Waals surface area contributed by atoms with Gasteiger partial charge in [0.1, 0.15) is 0 Å². The number of nitrogens with one attached hydrogen (secondary N) is 1. The van der Waals surface area contributed by atoms with Gasteiger partial charge in [0.05, 0.1) is 25.1 Å². The maximum absolute atomic E-state index is 12.3. The minimum atomic E-state index is -1.04. The van der Waals surface area contributed by atoms with Crippen LogP contribution in [-0.4, -0.2) is 29.1 Å². The number of rotatable bonds is 6. The Hall–Kier alpha value is -2.60. The van der Waals surface area contributed by atoms with Gasteiger partial charge in [0.25, 0.3) is 5.91 Å². The molecule has 120 valence electrons. The van der Waals surface area contributed by atoms with Crippen LogP contribution in [0.1, 0.15) is 28.4 Å². The summed E-state index contributed by atoms with van der Waals surface area (Å²) in [6.45, 7) is 0. The van der Waals surface area contributed by atoms with E-state index in [1.54, 1.807) is 36.4 Å². The number of halogens is 1. The van der Waals surface area contributed by atoms with Crippen LogP contribution in [-0.2, 0) is 4.79 Å². The molecule has 0 unspecified atom stereocenters. The highest BCUT2D eigenvalue weighted by Crippen LogP contribution is 2.25. The van der Waals surface area contributed by atoms with Gasteiger partial charge in [0.15, 0.2) is 0 Å². The van der Waals surface area contributed by atoms with E-state index in [0.29, 0.717) is 22.0 Å². The molecule has 0 spiro atoms. The molecule has 0 aliphatic rings. The highest BCUT2D eigenvalue weighted by Gasteiger charge is 2.21. The van der Waals surface area contributed by atoms with Gasteiger partial charge in [-0.15, -0.1) is 0 Å². The van der Waals surface area contributed by atoms with E-state index in [2.05, 4.69) is 10.3 Å². The molecule has 2 N–H and O–H groups in total. The first kappa shape index (κ1) is 16.8. The second kappa shape index (κ2) is 7.60. The lowest BCUT2D eigenvalue weighted by Crippen LogP contribution is -2.30. The van der Waals surface area contributed by atoms with Gasteiger partial charge in [0.2, 0.25) is 5.88 Å². The summed E-state index contributed by atoms with van der Waals surface area (Å²) in [5.74, 6) is -1.09. The molecule has 1 atom stereocenters. The highest BCUT2D eigenvalue weighted by molar-refractivity contribution is 6.31. The summed E-state index contributed by atoms with van der Waals surface area (Å²) in [5.41, 5.74) is 0.847. The molecule has 23 heavy (non-hydrogen) atoms. The molecule has 1 aromatic heterocycles. The molecular formula is C16H15ClN2O4. The van der Waals surface area contributed by atoms with Crippen molar-refractivity contribution in [3.8, 4) is 5.88 Å². The first-order valence-corrected chi connectivity index (χ1v) is 7.16. The molecule has 2 rings (SSSR count). The van der Waals surface area contributed by atoms with Crippen LogP contribution in [0.2, 0.25) is 5.02 Å². The summed E-state index contributed by atoms with van der Waals surface area (Å²) in [6, 6.07) is 9.16. The molecule has 0 fully saturated rings. The Kier molecular flexibility index (Phi) is 5.54. The Morgan fingerprint density at radius 2 is 2.04 bits per heavy atom. The van der Waals surface area contributed by atoms with E-state index >= 15 is 0 Å². The van der Waals surface area contributed by atoms with Crippen molar-refractivity contribution in [3.63, 3.8) is 0 Å². The lowest BCUT2D eigenvalue weighted by atomic mass is 10.0. The lowest BCUT2D eigenvalue weighted by Gasteiger charge is -2.18. The molecule has 0 aliphatic heterocycles. The summed E-state index contributed by atoms with van der Waals surface area (Å²) in [4.78, 5) is 27.3. The van der Waals surface area contributed by atoms with Crippen molar-refractivity contribution in [2.75, 3.05) is 7.11 Å². The van der Waals surface area contributed by atoms with E-state index in [0.717, 1.165) is 0 Å². The topological polar surface area (TPSA) is 88.5 Å². The van der Waals surface area contributed by atoms with E-state index in [-0.39, 0.29) is 6.42 Å². The van der Waals surface area contributed by atoms with Crippen molar-refractivity contribution in [1.82, 2.24) is 10.3 Å². The second-order valence-corrected chi connectivity index (χ2v) is 5.14. The third-order valence-electron chi connectivity index (χ3n) is 3.17. The van der Waals surface area contributed by atoms with Gasteiger partial charge in [-0.25, -0.2) is 4.98 Å². The second-order valence-electron chi connectivity index (χ2n) is 4.73. The fourth-order valence-corrected chi connectivity index (χ4v) is 2.32. The minimum absolute atomic E-state index is 0.279. The van der Waals surface area contributed by atoms with Crippen molar-refractivity contribution in [2.24, 2.45) is 0 Å². The number of pyridine rings is 1. The predicted molar refractivity (Wildman–Crippen MR) is 84.7 cm³/mol. The molecule has 2 aromatic rings. The molecular weight excluding hydrogens is 320 g/mol. The van der Waals surface area contributed by atoms with E-state index in [9.17, 15) is 9.59 Å². The fraction of sp³-hybridized carbons (Fsp3) is 0.188. The molecule has 1 heterocycles. The zero-order chi connectivity index (χ0) is 16.8. The quantitative estimate of drug-likeness (QED) is 0.848. The van der Waals surface area contributed by atoms with Crippen LogP contribution in [0.25, 0.3) is 0 Å². The number of carbonyl (C=O) groups is 2. The van der Waals surface area contributed by atoms with Crippen LogP contribution in [0, 0.1) is 0 Å². The van der Waals surface area contributed by atoms with E-state index in [4.69, 9.17) is 21.4 Å². The molecule has 0 aliphatic carbocycles. The Balaban J connectivity index is 2.21. The van der Waals surface area contributed by atoms with Crippen LogP contribution in [0.4, 0.5) is 0 Å². The third-order valence-corrected chi connectivity index (χ3v) is 3.52. The summed E-state index contributed by atoms with van der Waals surface area (Å²) in [7, 11) is 1.47. The average Bonchev–Trinajstić information content (AvgIpc) is 2.54. The highest BCUT2D eigenvalue weighted by atomic mass is 35.5. The summed E-state index contributed by atoms with van der Waals surface area (Å²) < 4.78 is 4.93. The van der Waals surface area contributed by atoms with Gasteiger partial charge in [-0.3, -0.25) is 9.59 Å². The van der Waals surface area contributed by atoms with E-state index in [1.807, 2.05) is 0 Å². The lowest BCUT2D eigenvalue weighted by molar-refractivity contribution is -0.137. The number of carboxylic acids is 1. The normalized spacial score (nSPS) is 11.6. The van der Waals surface area contributed by atoms with E-state index < -0.39 is 17.9 Å². The summed E-state index contributed by atoms with van der Waals surface area (Å²) in [5, 5.41) is 12.1. The average molecular weight is 335 g/mol. The largest absolute Gasteiger partial charge is 0.481 e. The number of hydrogen-bond donors (Lipinski definition) is 2. The van der Waals surface area contributed by atoms with Gasteiger partial charge in [-0.05, 0) is 17.7 Å². The number of ether oxygens (including phenoxy) is 1. The van der Waals surface area contributed by atoms with Gasteiger partial charge in [-0.1, -0.05) is 29.8 Å². The summed E-state index contributed by atoms with van der Waals surface area (Å²) in [6.07, 6.45) is 1.08. The number of aliphatic carboxylic acids is 1. The first-order chi connectivity index (χ1) is 11.0. The standard InChI is InChI=1S/C16H15ClN2O4/c1-23-14-7-6-10(9-18-14)16(22)19-13(8-15(20)21)11-4-2-3-5-12(11)17/h2-7,9,13H,8H2,1H3,(H,19,22)(H,20,21)/t13-/m1/s1. The smallest absolute Gasteiger partial charge is 0.305 e. The number of aromatic nitrogens is 1. The fourth-order valence-electron chi connectivity index (χ4n) is 2.05. The van der Waals surface area contributed by atoms with Crippen LogP contribution in [0.3, 0.4) is 0 Å². The zero-order valence-electron chi connectivity index (χ0n) is 12.3. The molecule has 0 saturated heterocycles. The Morgan fingerprint density at radius 1 is 1.30 bits per heavy atom. The minimum Gasteiger partial charge on any atom is -0.481 e. The van der Waals surface area contributed by atoms with Crippen molar-refractivity contribution < 1.29 is 19.4 Å². The van der Waals surface area contributed by atoms with Crippen molar-refractivity contribution in [3.05, 3.63) is 58.7 Å². The first-order valence-electron chi connectivity index (χ1n) is 6.78. The van der Waals surface area contributed by atoms with Crippen LogP contribution in [0.5, 0.6) is 5.88 Å². The SMILES string of the molecule is COc1ccc(C(=O)N[C@H](CC(=O)O)c2ccccc2Cl)cn1. The monoisotopic (exact) mass is 334 g/mol. The molecule has 7 heteroatoms. The maximum atomic E-state index is 12.3. The number of methoxy groups -OCH3 is 1. The third kappa shape index (κ3) is 4.43. The summed E-state index contributed by atoms with van der Waals surface area (Å²) >= 11 is 6.10. The Bertz CT molecular complexity index is 703. The van der Waals surface area contributed by atoms with Crippen LogP contribution >= 0.6 is 11.6 Å². The van der Waals surface area contributed by atoms with Crippen molar-refractivity contribution in [1.29, 1.82) is 0 Å². The molecule has 0 radical (unpaired) electrons. The molecule has 0 saturated carbocycles. The maximum Gasteiger partial charge on any atom is 0.305 e. The number of amides is 1. The van der Waals surface area contributed by atoms with E-state index in [1.165, 1.54) is 13.3 Å². The molecule has 6 nitrogen and oxygen atoms in total. The number of carboxylic acid groups (broad SMARTS) is 1. The van der Waals surface area contributed by atoms with Gasteiger partial charge >= 0.3 is 5.97 Å². The van der Waals surface area contributed by atoms with Crippen molar-refractivity contribution >= 4 is 23.5 Å². The number of carbonyl (C=O) groups excluding carboxylic acids is 1. The zero-order valence-corrected chi connectivity index (χ0v) is 13.1. The van der Waals surface area contributed by atoms with Gasteiger partial charge in [0, 0.05) is 17.3 Å². The molecule has 0 bridgehead atoms. The molecule has 1 amide bonds. The number of nitrogens with zero attached hydrogens (tertiary/aromatic N) is 1. The molecule has 1 aromatic carbocycles. The van der Waals surface area contributed by atoms with Gasteiger partial charge in [-0.2, -0.15) is 0 Å². The van der Waals surface area contributed by atoms with Gasteiger partial charge < -0.3 is 15.2 Å². The number of hydrogen-bond acceptors (Lipinski definition) is 4. The Labute approximate surface area is 138 Å². The number of benzene rings is 1. The van der Waals surface area contributed by atoms with Crippen LogP contribution < -0.4 is 10.1 Å². The van der Waals surface area contributed by atoms with Crippen LogP contribution in [0.15, 0.2) is 42.6 Å².